The Balaban J connectivity index is 2.06. The van der Waals surface area contributed by atoms with E-state index in [2.05, 4.69) is 16.7 Å². The maximum atomic E-state index is 14.8. The van der Waals surface area contributed by atoms with E-state index < -0.39 is 12.0 Å². The number of para-hydroxylation sites is 1. The smallest absolute Gasteiger partial charge is 0.291 e. The van der Waals surface area contributed by atoms with Gasteiger partial charge in [0.25, 0.3) is 6.17 Å². The number of H-pyrrole nitrogens is 1. The predicted molar refractivity (Wildman–Crippen MR) is 109 cm³/mol. The molecule has 2 aromatic carbocycles. The second-order valence-electron chi connectivity index (χ2n) is 6.45. The summed E-state index contributed by atoms with van der Waals surface area (Å²) in [5, 5.41) is 4.92. The number of nitrogens with zero attached hydrogens (tertiary/aromatic N) is 3. The van der Waals surface area contributed by atoms with Crippen molar-refractivity contribution in [2.75, 3.05) is 10.7 Å². The van der Waals surface area contributed by atoms with Crippen molar-refractivity contribution in [3.8, 4) is 11.3 Å². The fourth-order valence-electron chi connectivity index (χ4n) is 3.48. The van der Waals surface area contributed by atoms with Gasteiger partial charge in [-0.1, -0.05) is 42.1 Å². The molecular weight excluding hydrogens is 391 g/mol. The lowest BCUT2D eigenvalue weighted by Crippen LogP contribution is -2.60. The molecule has 0 bridgehead atoms. The molecule has 1 amide bonds. The largest absolute Gasteiger partial charge is 0.325 e. The Hall–Kier alpha value is -3.26. The van der Waals surface area contributed by atoms with Gasteiger partial charge < -0.3 is 0 Å². The lowest BCUT2D eigenvalue weighted by Gasteiger charge is -2.31. The topological polar surface area (TPSA) is 69.9 Å². The van der Waals surface area contributed by atoms with Crippen LogP contribution in [0.5, 0.6) is 0 Å². The molecule has 0 saturated heterocycles. The monoisotopic (exact) mass is 409 g/mol. The van der Waals surface area contributed by atoms with Crippen LogP contribution >= 0.6 is 11.8 Å². The fraction of sp³-hybridized carbons (Fsp3) is 0.143. The Bertz CT molecular complexity index is 1180. The Kier molecular flexibility index (Phi) is 5.02. The van der Waals surface area contributed by atoms with E-state index in [9.17, 15) is 14.0 Å². The molecular formula is C21H18FN4O2S+. The minimum absolute atomic E-state index is 0.251. The van der Waals surface area contributed by atoms with E-state index in [1.807, 2.05) is 0 Å². The zero-order valence-electron chi connectivity index (χ0n) is 15.6. The average molecular weight is 409 g/mol. The van der Waals surface area contributed by atoms with Crippen LogP contribution in [0.25, 0.3) is 11.3 Å². The highest BCUT2D eigenvalue weighted by molar-refractivity contribution is 7.99. The number of halogens is 1. The summed E-state index contributed by atoms with van der Waals surface area (Å²) in [6.45, 7) is 5.09. The lowest BCUT2D eigenvalue weighted by atomic mass is 10.0. The van der Waals surface area contributed by atoms with Crippen LogP contribution in [0.4, 0.5) is 10.1 Å². The molecule has 1 N–H and O–H groups in total. The molecule has 6 nitrogen and oxygen atoms in total. The first kappa shape index (κ1) is 19.1. The number of thioether (sulfide) groups is 1. The summed E-state index contributed by atoms with van der Waals surface area (Å²) in [6.07, 6.45) is 0.768. The van der Waals surface area contributed by atoms with Crippen molar-refractivity contribution >= 4 is 23.4 Å². The quantitative estimate of drug-likeness (QED) is 0.409. The summed E-state index contributed by atoms with van der Waals surface area (Å²) >= 11 is 1.30. The molecule has 1 aliphatic heterocycles. The number of aromatic amines is 1. The summed E-state index contributed by atoms with van der Waals surface area (Å²) in [6, 6.07) is 13.3. The first-order valence-corrected chi connectivity index (χ1v) is 9.95. The molecule has 1 aliphatic rings. The Morgan fingerprint density at radius 2 is 2.03 bits per heavy atom. The number of hydrogen-bond donors (Lipinski definition) is 1. The van der Waals surface area contributed by atoms with Crippen molar-refractivity contribution in [1.29, 1.82) is 0 Å². The summed E-state index contributed by atoms with van der Waals surface area (Å²) in [5.41, 5.74) is 1.26. The number of anilines is 1. The molecule has 2 heterocycles. The van der Waals surface area contributed by atoms with Gasteiger partial charge in [-0.15, -0.1) is 6.58 Å². The van der Waals surface area contributed by atoms with Crippen molar-refractivity contribution in [1.82, 2.24) is 10.1 Å². The Labute approximate surface area is 170 Å². The van der Waals surface area contributed by atoms with Crippen LogP contribution in [0.2, 0.25) is 0 Å². The van der Waals surface area contributed by atoms with Gasteiger partial charge in [0.2, 0.25) is 11.1 Å². The number of rotatable bonds is 4. The molecule has 29 heavy (non-hydrogen) atoms. The average Bonchev–Trinajstić information content (AvgIpc) is 2.71. The summed E-state index contributed by atoms with van der Waals surface area (Å²) < 4.78 is 16.2. The number of benzene rings is 2. The fourth-order valence-corrected chi connectivity index (χ4v) is 4.07. The highest BCUT2D eigenvalue weighted by atomic mass is 32.2. The van der Waals surface area contributed by atoms with E-state index in [1.165, 1.54) is 34.3 Å². The molecule has 4 rings (SSSR count). The van der Waals surface area contributed by atoms with E-state index >= 15 is 0 Å². The van der Waals surface area contributed by atoms with Crippen LogP contribution in [-0.4, -0.2) is 21.7 Å². The van der Waals surface area contributed by atoms with Crippen molar-refractivity contribution < 1.29 is 13.9 Å². The maximum absolute atomic E-state index is 14.8. The molecule has 8 heteroatoms. The van der Waals surface area contributed by atoms with Crippen molar-refractivity contribution in [3.63, 3.8) is 0 Å². The minimum atomic E-state index is -0.927. The van der Waals surface area contributed by atoms with Gasteiger partial charge in [-0.3, -0.25) is 14.6 Å². The van der Waals surface area contributed by atoms with E-state index in [0.29, 0.717) is 22.2 Å². The van der Waals surface area contributed by atoms with Crippen LogP contribution in [0.15, 0.2) is 71.1 Å². The van der Waals surface area contributed by atoms with Crippen LogP contribution in [0.3, 0.4) is 0 Å². The third kappa shape index (κ3) is 3.25. The third-order valence-electron chi connectivity index (χ3n) is 4.62. The van der Waals surface area contributed by atoms with Gasteiger partial charge in [-0.2, -0.15) is 0 Å². The second-order valence-corrected chi connectivity index (χ2v) is 7.46. The predicted octanol–water partition coefficient (Wildman–Crippen LogP) is 3.06. The molecule has 0 aliphatic carbocycles. The van der Waals surface area contributed by atoms with Crippen LogP contribution in [-0.2, 0) is 4.79 Å². The lowest BCUT2D eigenvalue weighted by molar-refractivity contribution is -0.763. The third-order valence-corrected chi connectivity index (χ3v) is 5.48. The molecule has 3 aromatic rings. The van der Waals surface area contributed by atoms with E-state index in [-0.39, 0.29) is 22.7 Å². The van der Waals surface area contributed by atoms with Gasteiger partial charge in [0.15, 0.2) is 0 Å². The molecule has 0 fully saturated rings. The summed E-state index contributed by atoms with van der Waals surface area (Å²) in [4.78, 5) is 29.9. The number of hydrogen-bond acceptors (Lipinski definition) is 4. The van der Waals surface area contributed by atoms with Crippen molar-refractivity contribution in [3.05, 3.63) is 82.9 Å². The van der Waals surface area contributed by atoms with Crippen LogP contribution < -0.4 is 15.1 Å². The summed E-state index contributed by atoms with van der Waals surface area (Å²) in [7, 11) is 0. The van der Waals surface area contributed by atoms with Gasteiger partial charge in [-0.05, 0) is 28.9 Å². The number of carbonyl (C=O) groups is 1. The second kappa shape index (κ2) is 7.63. The molecule has 146 valence electrons. The van der Waals surface area contributed by atoms with E-state index in [0.717, 1.165) is 0 Å². The highest BCUT2D eigenvalue weighted by Crippen LogP contribution is 2.37. The standard InChI is InChI=1S/C21H17FN4O2S/c1-3-12-29-21-23-19(28)18-15-9-5-7-11-17(15)25(13(2)27)20(26(18)24-21)14-8-4-6-10-16(14)22/h3-11,20H,1,12H2,2H3/p+1/t20-/m1/s1. The Morgan fingerprint density at radius 1 is 1.31 bits per heavy atom. The molecule has 1 aromatic heterocycles. The van der Waals surface area contributed by atoms with Crippen molar-refractivity contribution in [2.45, 2.75) is 18.2 Å². The first-order valence-electron chi connectivity index (χ1n) is 8.96. The van der Waals surface area contributed by atoms with Gasteiger partial charge >= 0.3 is 11.3 Å². The van der Waals surface area contributed by atoms with E-state index in [4.69, 9.17) is 0 Å². The highest BCUT2D eigenvalue weighted by Gasteiger charge is 2.45. The number of aromatic nitrogens is 3. The van der Waals surface area contributed by atoms with Gasteiger partial charge in [-0.25, -0.2) is 9.29 Å². The van der Waals surface area contributed by atoms with Gasteiger partial charge in [0.05, 0.1) is 16.8 Å². The molecule has 0 unspecified atom stereocenters. The molecule has 1 atom stereocenters. The van der Waals surface area contributed by atoms with Gasteiger partial charge in [0.1, 0.15) is 5.82 Å². The number of nitrogens with one attached hydrogen (secondary N) is 1. The maximum Gasteiger partial charge on any atom is 0.325 e. The van der Waals surface area contributed by atoms with E-state index in [1.54, 1.807) is 48.5 Å². The zero-order valence-corrected chi connectivity index (χ0v) is 16.4. The van der Waals surface area contributed by atoms with Crippen molar-refractivity contribution in [2.24, 2.45) is 0 Å². The molecule has 0 saturated carbocycles. The first-order chi connectivity index (χ1) is 14.0. The number of carbonyl (C=O) groups excluding carboxylic acids is 1. The normalized spacial score (nSPS) is 14.8. The molecule has 0 radical (unpaired) electrons. The van der Waals surface area contributed by atoms with Gasteiger partial charge in [0, 0.05) is 17.8 Å². The number of fused-ring (bicyclic) bond motifs is 3. The zero-order chi connectivity index (χ0) is 20.5. The SMILES string of the molecule is C=CCSc1n[n+]2c(c(=O)[nH]1)-c1ccccc1N(C(C)=O)[C@H]2c1ccccc1F. The minimum Gasteiger partial charge on any atom is -0.291 e. The summed E-state index contributed by atoms with van der Waals surface area (Å²) in [5.74, 6) is -0.227. The van der Waals surface area contributed by atoms with Crippen LogP contribution in [0, 0.1) is 5.82 Å². The Morgan fingerprint density at radius 3 is 2.76 bits per heavy atom. The molecule has 0 spiro atoms. The number of amides is 1. The van der Waals surface area contributed by atoms with Crippen LogP contribution in [0.1, 0.15) is 18.7 Å².